The van der Waals surface area contributed by atoms with Gasteiger partial charge in [0.1, 0.15) is 11.0 Å². The summed E-state index contributed by atoms with van der Waals surface area (Å²) < 4.78 is 34.9. The zero-order valence-electron chi connectivity index (χ0n) is 20.5. The lowest BCUT2D eigenvalue weighted by molar-refractivity contribution is -0.129. The van der Waals surface area contributed by atoms with E-state index in [9.17, 15) is 23.2 Å². The molecule has 12 heteroatoms. The first kappa shape index (κ1) is 28.1. The Labute approximate surface area is 231 Å². The number of nitrogens with one attached hydrogen (secondary N) is 1. The summed E-state index contributed by atoms with van der Waals surface area (Å²) in [5.41, 5.74) is -1.87. The minimum absolute atomic E-state index is 0.0693. The molecule has 1 saturated heterocycles. The summed E-state index contributed by atoms with van der Waals surface area (Å²) >= 11 is 5.93. The lowest BCUT2D eigenvalue weighted by Crippen LogP contribution is -2.44. The van der Waals surface area contributed by atoms with Gasteiger partial charge in [0.05, 0.1) is 24.9 Å². The van der Waals surface area contributed by atoms with E-state index in [2.05, 4.69) is 19.8 Å². The summed E-state index contributed by atoms with van der Waals surface area (Å²) in [4.78, 5) is 44.0. The molecule has 4 rings (SSSR count). The van der Waals surface area contributed by atoms with Gasteiger partial charge in [-0.3, -0.25) is 14.5 Å². The number of carbonyl (C=O) groups is 3. The second kappa shape index (κ2) is 12.3. The second-order valence-electron chi connectivity index (χ2n) is 8.27. The van der Waals surface area contributed by atoms with Gasteiger partial charge in [-0.05, 0) is 54.1 Å². The molecular formula is C27H22ClF2N3O5S. The highest BCUT2D eigenvalue weighted by molar-refractivity contribution is 8.15. The molecule has 1 fully saturated rings. The summed E-state index contributed by atoms with van der Waals surface area (Å²) in [7, 11) is 1.27. The number of carbonyl (C=O) groups excluding carboxylic acids is 3. The molecule has 0 radical (unpaired) electrons. The van der Waals surface area contributed by atoms with Crippen molar-refractivity contribution < 1.29 is 32.6 Å². The summed E-state index contributed by atoms with van der Waals surface area (Å²) in [6, 6.07) is 20.9. The van der Waals surface area contributed by atoms with E-state index in [4.69, 9.17) is 11.6 Å². The number of rotatable bonds is 8. The normalized spacial score (nSPS) is 16.6. The Morgan fingerprint density at radius 1 is 1.08 bits per heavy atom. The molecule has 1 aliphatic rings. The van der Waals surface area contributed by atoms with E-state index in [0.717, 1.165) is 17.3 Å². The maximum Gasteiger partial charge on any atom is 0.487 e. The lowest BCUT2D eigenvalue weighted by Gasteiger charge is -2.32. The Kier molecular flexibility index (Phi) is 8.82. The molecule has 0 spiro atoms. The van der Waals surface area contributed by atoms with Crippen molar-refractivity contribution in [2.75, 3.05) is 12.4 Å². The van der Waals surface area contributed by atoms with Crippen LogP contribution in [0, 0.1) is 0 Å². The molecule has 2 amide bonds. The van der Waals surface area contributed by atoms with Gasteiger partial charge in [-0.1, -0.05) is 42.1 Å². The quantitative estimate of drug-likeness (QED) is 0.270. The van der Waals surface area contributed by atoms with Crippen LogP contribution in [-0.4, -0.2) is 45.8 Å². The van der Waals surface area contributed by atoms with Crippen molar-refractivity contribution in [3.8, 4) is 5.75 Å². The Morgan fingerprint density at radius 2 is 1.74 bits per heavy atom. The Balaban J connectivity index is 1.55. The molecule has 39 heavy (non-hydrogen) atoms. The van der Waals surface area contributed by atoms with Crippen LogP contribution in [0.15, 0.2) is 83.9 Å². The smallest absolute Gasteiger partial charge is 0.465 e. The molecule has 8 nitrogen and oxygen atoms in total. The number of anilines is 1. The molecule has 0 bridgehead atoms. The fourth-order valence-electron chi connectivity index (χ4n) is 3.63. The molecule has 1 heterocycles. The lowest BCUT2D eigenvalue weighted by atomic mass is 10.2. The van der Waals surface area contributed by atoms with Gasteiger partial charge < -0.3 is 14.8 Å². The second-order valence-corrected chi connectivity index (χ2v) is 9.88. The van der Waals surface area contributed by atoms with Crippen molar-refractivity contribution in [1.29, 1.82) is 0 Å². The highest BCUT2D eigenvalue weighted by atomic mass is 35.5. The number of thioether (sulfide) groups is 1. The molecule has 202 valence electrons. The number of amides is 2. The maximum atomic E-state index is 13.2. The van der Waals surface area contributed by atoms with Gasteiger partial charge in [0.15, 0.2) is 5.17 Å². The number of halogens is 3. The zero-order chi connectivity index (χ0) is 28.0. The van der Waals surface area contributed by atoms with Gasteiger partial charge >= 0.3 is 11.5 Å². The first-order chi connectivity index (χ1) is 18.6. The zero-order valence-corrected chi connectivity index (χ0v) is 22.0. The summed E-state index contributed by atoms with van der Waals surface area (Å²) in [5.74, 6) is -1.39. The van der Waals surface area contributed by atoms with Crippen LogP contribution >= 0.6 is 23.4 Å². The van der Waals surface area contributed by atoms with Crippen LogP contribution < -0.4 is 10.1 Å². The van der Waals surface area contributed by atoms with Gasteiger partial charge in [0.25, 0.3) is 0 Å². The van der Waals surface area contributed by atoms with Gasteiger partial charge in [-0.15, -0.1) is 8.78 Å². The molecule has 1 aliphatic heterocycles. The van der Waals surface area contributed by atoms with Gasteiger partial charge in [0.2, 0.25) is 11.8 Å². The molecule has 3 aromatic carbocycles. The third-order valence-corrected chi connectivity index (χ3v) is 6.75. The van der Waals surface area contributed by atoms with Crippen molar-refractivity contribution in [3.63, 3.8) is 0 Å². The van der Waals surface area contributed by atoms with Crippen molar-refractivity contribution in [3.05, 3.63) is 90.0 Å². The molecule has 0 saturated carbocycles. The van der Waals surface area contributed by atoms with Crippen molar-refractivity contribution in [2.24, 2.45) is 4.99 Å². The van der Waals surface area contributed by atoms with Crippen LogP contribution in [0.4, 0.5) is 20.2 Å². The third-order valence-electron chi connectivity index (χ3n) is 5.48. The number of hydrogen-bond donors (Lipinski definition) is 1. The highest BCUT2D eigenvalue weighted by Crippen LogP contribution is 2.32. The molecular weight excluding hydrogens is 552 g/mol. The first-order valence-corrected chi connectivity index (χ1v) is 12.8. The fraction of sp³-hybridized carbons (Fsp3) is 0.185. The molecule has 0 aliphatic carbocycles. The Hall–Kier alpha value is -3.96. The number of benzene rings is 3. The van der Waals surface area contributed by atoms with Crippen molar-refractivity contribution in [1.82, 2.24) is 4.90 Å². The van der Waals surface area contributed by atoms with Crippen LogP contribution in [0.25, 0.3) is 0 Å². The van der Waals surface area contributed by atoms with Crippen LogP contribution in [0.2, 0.25) is 0 Å². The van der Waals surface area contributed by atoms with Crippen LogP contribution in [-0.2, 0) is 20.9 Å². The van der Waals surface area contributed by atoms with E-state index in [-0.39, 0.29) is 29.8 Å². The number of ether oxygens (including phenoxy) is 2. The maximum absolute atomic E-state index is 13.2. The number of aliphatic imine (C=N–C) groups is 1. The van der Waals surface area contributed by atoms with Crippen LogP contribution in [0.1, 0.15) is 22.3 Å². The summed E-state index contributed by atoms with van der Waals surface area (Å²) in [6.45, 7) is 0.231. The van der Waals surface area contributed by atoms with Crippen molar-refractivity contribution >= 4 is 57.7 Å². The molecule has 1 atom stereocenters. The fourth-order valence-corrected chi connectivity index (χ4v) is 4.81. The van der Waals surface area contributed by atoms with E-state index in [1.807, 2.05) is 30.3 Å². The van der Waals surface area contributed by atoms with E-state index >= 15 is 0 Å². The van der Waals surface area contributed by atoms with Crippen LogP contribution in [0.3, 0.4) is 0 Å². The number of amidine groups is 1. The summed E-state index contributed by atoms with van der Waals surface area (Å²) in [5, 5.41) is 2.24. The molecule has 1 N–H and O–H groups in total. The molecule has 0 aromatic heterocycles. The van der Waals surface area contributed by atoms with Crippen molar-refractivity contribution in [2.45, 2.75) is 23.8 Å². The first-order valence-electron chi connectivity index (χ1n) is 11.6. The van der Waals surface area contributed by atoms with E-state index in [1.165, 1.54) is 48.4 Å². The number of alkyl halides is 3. The van der Waals surface area contributed by atoms with Gasteiger partial charge in [-0.2, -0.15) is 0 Å². The SMILES string of the molecule is COC(=O)c1ccc(NC(=O)[C@@H]2CC(=O)N(Cc3ccccc3)C(=Nc3ccc(OC(F)(F)Cl)cc3)S2)cc1. The minimum atomic E-state index is -3.86. The minimum Gasteiger partial charge on any atom is -0.465 e. The number of nitrogens with zero attached hydrogens (tertiary/aromatic N) is 2. The Bertz CT molecular complexity index is 1370. The van der Waals surface area contributed by atoms with E-state index in [0.29, 0.717) is 16.9 Å². The predicted octanol–water partition coefficient (Wildman–Crippen LogP) is 5.80. The predicted molar refractivity (Wildman–Crippen MR) is 144 cm³/mol. The molecule has 0 unspecified atom stereocenters. The van der Waals surface area contributed by atoms with Gasteiger partial charge in [-0.25, -0.2) is 9.79 Å². The van der Waals surface area contributed by atoms with Crippen LogP contribution in [0.5, 0.6) is 5.75 Å². The van der Waals surface area contributed by atoms with E-state index < -0.39 is 22.7 Å². The van der Waals surface area contributed by atoms with Gasteiger partial charge in [0, 0.05) is 23.7 Å². The topological polar surface area (TPSA) is 97.3 Å². The monoisotopic (exact) mass is 573 g/mol. The highest BCUT2D eigenvalue weighted by Gasteiger charge is 2.36. The summed E-state index contributed by atoms with van der Waals surface area (Å²) in [6.07, 6.45) is -0.0693. The average Bonchev–Trinajstić information content (AvgIpc) is 2.91. The third kappa shape index (κ3) is 7.78. The Morgan fingerprint density at radius 3 is 2.36 bits per heavy atom. The van der Waals surface area contributed by atoms with E-state index in [1.54, 1.807) is 12.1 Å². The number of esters is 1. The largest absolute Gasteiger partial charge is 0.487 e. The standard InChI is InChI=1S/C27H22ClF2N3O5S/c1-37-25(36)18-7-9-19(10-8-18)31-24(35)22-15-23(34)33(16-17-5-3-2-4-6-17)26(39-22)32-20-11-13-21(14-12-20)38-27(28,29)30/h2-14,22H,15-16H2,1H3,(H,31,35)/t22-/m0/s1. The average molecular weight is 574 g/mol. The number of hydrogen-bond acceptors (Lipinski definition) is 7. The number of methoxy groups -OCH3 is 1. The molecule has 3 aromatic rings.